The summed E-state index contributed by atoms with van der Waals surface area (Å²) in [6.07, 6.45) is 1.89. The van der Waals surface area contributed by atoms with E-state index in [0.717, 1.165) is 71.0 Å². The Morgan fingerprint density at radius 3 is 2.64 bits per heavy atom. The third-order valence-corrected chi connectivity index (χ3v) is 5.10. The van der Waals surface area contributed by atoms with Gasteiger partial charge in [-0.05, 0) is 24.3 Å². The lowest BCUT2D eigenvalue weighted by molar-refractivity contribution is 0.0141. The first-order valence-corrected chi connectivity index (χ1v) is 9.00. The number of amides is 1. The monoisotopic (exact) mass is 324 g/mol. The molecule has 0 N–H and O–H groups in total. The number of morpholine rings is 1. The first kappa shape index (κ1) is 15.9. The molecule has 0 aromatic carbocycles. The molecule has 5 nitrogen and oxygen atoms in total. The molecule has 1 amide bonds. The molecule has 6 heteroatoms. The van der Waals surface area contributed by atoms with Gasteiger partial charge in [-0.3, -0.25) is 9.69 Å². The minimum atomic E-state index is 0.168. The summed E-state index contributed by atoms with van der Waals surface area (Å²) in [6.45, 7) is 6.77. The SMILES string of the molecule is O=C(c1ccsc1)N(CCN1CCOCC1)C1CCOCC1. The summed E-state index contributed by atoms with van der Waals surface area (Å²) < 4.78 is 10.8. The Bertz CT molecular complexity index is 454. The van der Waals surface area contributed by atoms with Crippen LogP contribution in [0, 0.1) is 0 Å². The number of thiophene rings is 1. The van der Waals surface area contributed by atoms with Crippen molar-refractivity contribution in [2.75, 3.05) is 52.6 Å². The molecule has 0 saturated carbocycles. The Labute approximate surface area is 135 Å². The molecule has 3 heterocycles. The van der Waals surface area contributed by atoms with Crippen LogP contribution in [0.3, 0.4) is 0 Å². The van der Waals surface area contributed by atoms with E-state index in [0.29, 0.717) is 6.04 Å². The summed E-state index contributed by atoms with van der Waals surface area (Å²) >= 11 is 1.58. The van der Waals surface area contributed by atoms with E-state index in [2.05, 4.69) is 9.80 Å². The Morgan fingerprint density at radius 2 is 1.95 bits per heavy atom. The molecule has 2 saturated heterocycles. The smallest absolute Gasteiger partial charge is 0.254 e. The quantitative estimate of drug-likeness (QED) is 0.827. The average molecular weight is 324 g/mol. The predicted octanol–water partition coefficient (Wildman–Crippen LogP) is 1.70. The van der Waals surface area contributed by atoms with Gasteiger partial charge in [-0.2, -0.15) is 11.3 Å². The molecule has 0 aliphatic carbocycles. The molecule has 0 atom stereocenters. The van der Waals surface area contributed by atoms with Crippen molar-refractivity contribution in [1.82, 2.24) is 9.80 Å². The van der Waals surface area contributed by atoms with Crippen LogP contribution in [-0.2, 0) is 9.47 Å². The van der Waals surface area contributed by atoms with Gasteiger partial charge < -0.3 is 14.4 Å². The lowest BCUT2D eigenvalue weighted by atomic mass is 10.1. The van der Waals surface area contributed by atoms with Gasteiger partial charge in [-0.25, -0.2) is 0 Å². The molecule has 22 heavy (non-hydrogen) atoms. The van der Waals surface area contributed by atoms with Crippen LogP contribution in [-0.4, -0.2) is 74.4 Å². The molecule has 0 unspecified atom stereocenters. The lowest BCUT2D eigenvalue weighted by Crippen LogP contribution is -2.48. The third-order valence-electron chi connectivity index (χ3n) is 4.42. The highest BCUT2D eigenvalue weighted by molar-refractivity contribution is 7.08. The minimum absolute atomic E-state index is 0.168. The second-order valence-corrected chi connectivity index (χ2v) is 6.59. The standard InChI is InChI=1S/C16H24N2O3S/c19-16(14-3-12-22-13-14)18(15-1-8-20-9-2-15)5-4-17-6-10-21-11-7-17/h3,12-13,15H,1-2,4-11H2. The van der Waals surface area contributed by atoms with E-state index < -0.39 is 0 Å². The summed E-state index contributed by atoms with van der Waals surface area (Å²) in [7, 11) is 0. The van der Waals surface area contributed by atoms with Gasteiger partial charge in [0.2, 0.25) is 0 Å². The van der Waals surface area contributed by atoms with Crippen molar-refractivity contribution >= 4 is 17.2 Å². The van der Waals surface area contributed by atoms with Crippen LogP contribution in [0.4, 0.5) is 0 Å². The summed E-state index contributed by atoms with van der Waals surface area (Å²) in [5.74, 6) is 0.168. The Hall–Kier alpha value is -0.950. The van der Waals surface area contributed by atoms with E-state index in [-0.39, 0.29) is 5.91 Å². The topological polar surface area (TPSA) is 42.0 Å². The maximum absolute atomic E-state index is 12.8. The minimum Gasteiger partial charge on any atom is -0.381 e. The summed E-state index contributed by atoms with van der Waals surface area (Å²) in [5, 5.41) is 3.92. The van der Waals surface area contributed by atoms with Gasteiger partial charge in [0.1, 0.15) is 0 Å². The largest absolute Gasteiger partial charge is 0.381 e. The maximum atomic E-state index is 12.8. The normalized spacial score (nSPS) is 20.9. The van der Waals surface area contributed by atoms with Crippen molar-refractivity contribution in [2.45, 2.75) is 18.9 Å². The van der Waals surface area contributed by atoms with Gasteiger partial charge in [0, 0.05) is 50.8 Å². The molecule has 0 spiro atoms. The van der Waals surface area contributed by atoms with Crippen LogP contribution in [0.2, 0.25) is 0 Å². The first-order valence-electron chi connectivity index (χ1n) is 8.05. The molecule has 1 aromatic rings. The molecule has 1 aromatic heterocycles. The Morgan fingerprint density at radius 1 is 1.23 bits per heavy atom. The van der Waals surface area contributed by atoms with Crippen LogP contribution < -0.4 is 0 Å². The fraction of sp³-hybridized carbons (Fsp3) is 0.688. The number of hydrogen-bond donors (Lipinski definition) is 0. The van der Waals surface area contributed by atoms with Crippen molar-refractivity contribution in [3.05, 3.63) is 22.4 Å². The molecule has 0 bridgehead atoms. The number of nitrogens with zero attached hydrogens (tertiary/aromatic N) is 2. The summed E-state index contributed by atoms with van der Waals surface area (Å²) in [5.41, 5.74) is 0.818. The van der Waals surface area contributed by atoms with Crippen molar-refractivity contribution in [1.29, 1.82) is 0 Å². The van der Waals surface area contributed by atoms with Gasteiger partial charge in [-0.1, -0.05) is 0 Å². The van der Waals surface area contributed by atoms with Crippen molar-refractivity contribution in [3.8, 4) is 0 Å². The van der Waals surface area contributed by atoms with E-state index in [4.69, 9.17) is 9.47 Å². The van der Waals surface area contributed by atoms with Crippen LogP contribution in [0.25, 0.3) is 0 Å². The molecule has 2 fully saturated rings. The van der Waals surface area contributed by atoms with Gasteiger partial charge in [-0.15, -0.1) is 0 Å². The maximum Gasteiger partial charge on any atom is 0.254 e. The van der Waals surface area contributed by atoms with Gasteiger partial charge in [0.25, 0.3) is 5.91 Å². The van der Waals surface area contributed by atoms with E-state index in [1.54, 1.807) is 11.3 Å². The average Bonchev–Trinajstić information content (AvgIpc) is 3.11. The van der Waals surface area contributed by atoms with E-state index in [1.165, 1.54) is 0 Å². The lowest BCUT2D eigenvalue weighted by Gasteiger charge is -2.36. The second kappa shape index (κ2) is 8.06. The van der Waals surface area contributed by atoms with Crippen LogP contribution in [0.15, 0.2) is 16.8 Å². The molecular weight excluding hydrogens is 300 g/mol. The molecule has 2 aliphatic heterocycles. The van der Waals surface area contributed by atoms with Crippen molar-refractivity contribution in [3.63, 3.8) is 0 Å². The fourth-order valence-corrected chi connectivity index (χ4v) is 3.70. The van der Waals surface area contributed by atoms with Gasteiger partial charge in [0.05, 0.1) is 18.8 Å². The van der Waals surface area contributed by atoms with E-state index >= 15 is 0 Å². The highest BCUT2D eigenvalue weighted by atomic mass is 32.1. The van der Waals surface area contributed by atoms with Crippen LogP contribution in [0.5, 0.6) is 0 Å². The zero-order valence-electron chi connectivity index (χ0n) is 12.9. The first-order chi connectivity index (χ1) is 10.8. The molecule has 2 aliphatic rings. The highest BCUT2D eigenvalue weighted by Crippen LogP contribution is 2.19. The molecule has 122 valence electrons. The van der Waals surface area contributed by atoms with Crippen LogP contribution in [0.1, 0.15) is 23.2 Å². The summed E-state index contributed by atoms with van der Waals surface area (Å²) in [4.78, 5) is 17.3. The third kappa shape index (κ3) is 4.07. The van der Waals surface area contributed by atoms with E-state index in [9.17, 15) is 4.79 Å². The van der Waals surface area contributed by atoms with Crippen LogP contribution >= 0.6 is 11.3 Å². The number of ether oxygens (including phenoxy) is 2. The number of hydrogen-bond acceptors (Lipinski definition) is 5. The fourth-order valence-electron chi connectivity index (χ4n) is 3.07. The zero-order valence-corrected chi connectivity index (χ0v) is 13.7. The Kier molecular flexibility index (Phi) is 5.83. The highest BCUT2D eigenvalue weighted by Gasteiger charge is 2.27. The second-order valence-electron chi connectivity index (χ2n) is 5.81. The molecule has 3 rings (SSSR count). The van der Waals surface area contributed by atoms with Crippen molar-refractivity contribution in [2.24, 2.45) is 0 Å². The Balaban J connectivity index is 1.63. The van der Waals surface area contributed by atoms with Crippen molar-refractivity contribution < 1.29 is 14.3 Å². The summed E-state index contributed by atoms with van der Waals surface area (Å²) in [6, 6.07) is 2.23. The molecule has 0 radical (unpaired) electrons. The van der Waals surface area contributed by atoms with Gasteiger partial charge >= 0.3 is 0 Å². The zero-order chi connectivity index (χ0) is 15.2. The van der Waals surface area contributed by atoms with E-state index in [1.807, 2.05) is 16.8 Å². The predicted molar refractivity (Wildman–Crippen MR) is 86.5 cm³/mol. The number of carbonyl (C=O) groups excluding carboxylic acids is 1. The number of carbonyl (C=O) groups is 1. The number of rotatable bonds is 5. The molecular formula is C16H24N2O3S. The van der Waals surface area contributed by atoms with Gasteiger partial charge in [0.15, 0.2) is 0 Å².